The number of aromatic nitrogens is 1. The summed E-state index contributed by atoms with van der Waals surface area (Å²) in [5.41, 5.74) is 0.334. The average Bonchev–Trinajstić information content (AvgIpc) is 3.16. The number of fused-ring (bicyclic) bond motifs is 2. The topological polar surface area (TPSA) is 48.7 Å². The molecule has 0 unspecified atom stereocenters. The molecule has 2 aromatic rings. The van der Waals surface area contributed by atoms with Crippen LogP contribution >= 0.6 is 0 Å². The van der Waals surface area contributed by atoms with Gasteiger partial charge in [-0.25, -0.2) is 0 Å². The van der Waals surface area contributed by atoms with Crippen LogP contribution in [0.4, 0.5) is 13.2 Å². The van der Waals surface area contributed by atoms with Crippen LogP contribution in [0, 0.1) is 0 Å². The fraction of sp³-hybridized carbons (Fsp3) is 0.542. The van der Waals surface area contributed by atoms with E-state index in [0.29, 0.717) is 56.7 Å². The highest BCUT2D eigenvalue weighted by atomic mass is 19.4. The van der Waals surface area contributed by atoms with Crippen LogP contribution in [0.2, 0.25) is 0 Å². The van der Waals surface area contributed by atoms with Crippen molar-refractivity contribution in [2.45, 2.75) is 57.0 Å². The fourth-order valence-electron chi connectivity index (χ4n) is 5.19. The van der Waals surface area contributed by atoms with Crippen LogP contribution in [-0.2, 0) is 24.7 Å². The van der Waals surface area contributed by atoms with Crippen LogP contribution < -0.4 is 0 Å². The van der Waals surface area contributed by atoms with Crippen molar-refractivity contribution in [1.29, 1.82) is 0 Å². The average molecular weight is 450 g/mol. The third kappa shape index (κ3) is 4.18. The smallest absolute Gasteiger partial charge is 0.390 e. The molecule has 8 heteroatoms. The Morgan fingerprint density at radius 1 is 1.00 bits per heavy atom. The molecule has 0 bridgehead atoms. The number of hydrogen-bond donors (Lipinski definition) is 1. The van der Waals surface area contributed by atoms with E-state index < -0.39 is 23.0 Å². The lowest BCUT2D eigenvalue weighted by molar-refractivity contribution is -0.144. The van der Waals surface area contributed by atoms with Gasteiger partial charge >= 0.3 is 6.18 Å². The highest BCUT2D eigenvalue weighted by Gasteiger charge is 2.47. The number of hydrogen-bond acceptors (Lipinski definition) is 3. The minimum absolute atomic E-state index is 0.0699. The highest BCUT2D eigenvalue weighted by Crippen LogP contribution is 2.44. The number of aliphatic hydroxyl groups is 1. The number of amides is 1. The Kier molecular flexibility index (Phi) is 5.66. The first kappa shape index (κ1) is 22.9. The van der Waals surface area contributed by atoms with Crippen molar-refractivity contribution < 1.29 is 23.1 Å². The summed E-state index contributed by atoms with van der Waals surface area (Å²) in [5.74, 6) is -0.0699. The standard InChI is InChI=1S/C24H30F3N3O2/c1-22(2,32)16-17-4-6-18(7-5-17)21(31)29-12-10-23(11-13-29)19-8-9-20(24(25,26)27)30(19)15-14-28(23)3/h4-9,32H,10-16H2,1-3H3. The zero-order valence-electron chi connectivity index (χ0n) is 18.7. The lowest BCUT2D eigenvalue weighted by Crippen LogP contribution is -2.56. The van der Waals surface area contributed by atoms with Crippen molar-refractivity contribution in [3.8, 4) is 0 Å². The molecule has 0 radical (unpaired) electrons. The Labute approximate surface area is 186 Å². The number of benzene rings is 1. The number of likely N-dealkylation sites (N-methyl/N-ethyl adjacent to an activating group) is 1. The second kappa shape index (κ2) is 7.92. The number of carbonyl (C=O) groups excluding carboxylic acids is 1. The molecule has 0 atom stereocenters. The van der Waals surface area contributed by atoms with Gasteiger partial charge in [-0.15, -0.1) is 0 Å². The summed E-state index contributed by atoms with van der Waals surface area (Å²) in [6.07, 6.45) is -2.69. The molecule has 1 aromatic carbocycles. The van der Waals surface area contributed by atoms with E-state index in [9.17, 15) is 23.1 Å². The second-order valence-corrected chi connectivity index (χ2v) is 9.68. The van der Waals surface area contributed by atoms with Gasteiger partial charge in [0.05, 0.1) is 11.1 Å². The Bertz CT molecular complexity index is 981. The highest BCUT2D eigenvalue weighted by molar-refractivity contribution is 5.94. The molecule has 2 aliphatic heterocycles. The second-order valence-electron chi connectivity index (χ2n) is 9.68. The Morgan fingerprint density at radius 3 is 2.19 bits per heavy atom. The van der Waals surface area contributed by atoms with Crippen molar-refractivity contribution in [2.75, 3.05) is 26.7 Å². The van der Waals surface area contributed by atoms with E-state index in [-0.39, 0.29) is 5.91 Å². The lowest BCUT2D eigenvalue weighted by Gasteiger charge is -2.50. The number of alkyl halides is 3. The first-order valence-corrected chi connectivity index (χ1v) is 11.0. The molecule has 1 N–H and O–H groups in total. The summed E-state index contributed by atoms with van der Waals surface area (Å²) in [7, 11) is 1.96. The molecule has 32 heavy (non-hydrogen) atoms. The summed E-state index contributed by atoms with van der Waals surface area (Å²) < 4.78 is 41.7. The summed E-state index contributed by atoms with van der Waals surface area (Å²) in [6.45, 7) is 5.32. The van der Waals surface area contributed by atoms with E-state index >= 15 is 0 Å². The molecule has 4 rings (SSSR count). The summed E-state index contributed by atoms with van der Waals surface area (Å²) in [4.78, 5) is 17.0. The fourth-order valence-corrected chi connectivity index (χ4v) is 5.19. The van der Waals surface area contributed by atoms with E-state index in [1.807, 2.05) is 19.2 Å². The molecular weight excluding hydrogens is 419 g/mol. The number of nitrogens with zero attached hydrogens (tertiary/aromatic N) is 3. The summed E-state index contributed by atoms with van der Waals surface area (Å²) >= 11 is 0. The van der Waals surface area contributed by atoms with Gasteiger partial charge in [0.25, 0.3) is 5.91 Å². The van der Waals surface area contributed by atoms with Gasteiger partial charge in [0.2, 0.25) is 0 Å². The Hall–Kier alpha value is -2.32. The summed E-state index contributed by atoms with van der Waals surface area (Å²) in [6, 6.07) is 10.1. The lowest BCUT2D eigenvalue weighted by atomic mass is 9.81. The first-order chi connectivity index (χ1) is 14.9. The molecule has 1 fully saturated rings. The molecule has 1 spiro atoms. The predicted octanol–water partition coefficient (Wildman–Crippen LogP) is 3.90. The normalized spacial score (nSPS) is 19.3. The van der Waals surface area contributed by atoms with Crippen LogP contribution in [0.1, 0.15) is 54.0 Å². The molecule has 3 heterocycles. The maximum absolute atomic E-state index is 13.4. The van der Waals surface area contributed by atoms with Crippen molar-refractivity contribution in [3.63, 3.8) is 0 Å². The van der Waals surface area contributed by atoms with Gasteiger partial charge in [0, 0.05) is 43.9 Å². The van der Waals surface area contributed by atoms with Gasteiger partial charge in [0.1, 0.15) is 5.69 Å². The minimum atomic E-state index is -4.37. The molecule has 1 aromatic heterocycles. The van der Waals surface area contributed by atoms with Gasteiger partial charge in [-0.2, -0.15) is 13.2 Å². The SMILES string of the molecule is CN1CCn2c(C(F)(F)F)ccc2C12CCN(C(=O)c1ccc(CC(C)(C)O)cc1)CC2. The van der Waals surface area contributed by atoms with E-state index in [1.165, 1.54) is 10.6 Å². The maximum Gasteiger partial charge on any atom is 0.431 e. The van der Waals surface area contributed by atoms with E-state index in [4.69, 9.17) is 0 Å². The zero-order chi connectivity index (χ0) is 23.3. The van der Waals surface area contributed by atoms with Gasteiger partial charge in [-0.3, -0.25) is 9.69 Å². The molecule has 0 saturated carbocycles. The largest absolute Gasteiger partial charge is 0.431 e. The molecule has 0 aliphatic carbocycles. The van der Waals surface area contributed by atoms with Crippen molar-refractivity contribution in [1.82, 2.24) is 14.4 Å². The van der Waals surface area contributed by atoms with Gasteiger partial charge in [0.15, 0.2) is 0 Å². The van der Waals surface area contributed by atoms with Gasteiger partial charge in [-0.05, 0) is 63.6 Å². The number of halogens is 3. The van der Waals surface area contributed by atoms with Crippen LogP contribution in [-0.4, -0.2) is 57.7 Å². The molecular formula is C24H30F3N3O2. The Morgan fingerprint density at radius 2 is 1.62 bits per heavy atom. The molecule has 174 valence electrons. The van der Waals surface area contributed by atoms with E-state index in [1.54, 1.807) is 36.9 Å². The monoisotopic (exact) mass is 449 g/mol. The molecule has 5 nitrogen and oxygen atoms in total. The number of rotatable bonds is 3. The van der Waals surface area contributed by atoms with Crippen LogP contribution in [0.3, 0.4) is 0 Å². The zero-order valence-corrected chi connectivity index (χ0v) is 18.7. The Balaban J connectivity index is 1.50. The third-order valence-electron chi connectivity index (χ3n) is 6.85. The van der Waals surface area contributed by atoms with Gasteiger partial charge < -0.3 is 14.6 Å². The van der Waals surface area contributed by atoms with E-state index in [0.717, 1.165) is 5.56 Å². The molecule has 1 saturated heterocycles. The quantitative estimate of drug-likeness (QED) is 0.773. The van der Waals surface area contributed by atoms with Crippen molar-refractivity contribution >= 4 is 5.91 Å². The van der Waals surface area contributed by atoms with Crippen LogP contribution in [0.5, 0.6) is 0 Å². The number of likely N-dealkylation sites (tertiary alicyclic amines) is 1. The maximum atomic E-state index is 13.4. The van der Waals surface area contributed by atoms with E-state index in [2.05, 4.69) is 4.90 Å². The minimum Gasteiger partial charge on any atom is -0.390 e. The predicted molar refractivity (Wildman–Crippen MR) is 115 cm³/mol. The molecule has 2 aliphatic rings. The van der Waals surface area contributed by atoms with Crippen LogP contribution in [0.25, 0.3) is 0 Å². The van der Waals surface area contributed by atoms with Crippen LogP contribution in [0.15, 0.2) is 36.4 Å². The van der Waals surface area contributed by atoms with Crippen molar-refractivity contribution in [3.05, 3.63) is 58.9 Å². The number of piperidine rings is 1. The van der Waals surface area contributed by atoms with Crippen molar-refractivity contribution in [2.24, 2.45) is 0 Å². The first-order valence-electron chi connectivity index (χ1n) is 11.0. The number of carbonyl (C=O) groups is 1. The third-order valence-corrected chi connectivity index (χ3v) is 6.85. The summed E-state index contributed by atoms with van der Waals surface area (Å²) in [5, 5.41) is 9.97. The van der Waals surface area contributed by atoms with Gasteiger partial charge in [-0.1, -0.05) is 12.1 Å². The molecule has 1 amide bonds.